The molecule has 2 heterocycles. The first-order valence-corrected chi connectivity index (χ1v) is 9.65. The number of halogens is 3. The lowest BCUT2D eigenvalue weighted by molar-refractivity contribution is -0.141. The highest BCUT2D eigenvalue weighted by atomic mass is 19.4. The maximum Gasteiger partial charge on any atom is 0.433 e. The van der Waals surface area contributed by atoms with Gasteiger partial charge in [-0.05, 0) is 35.4 Å². The van der Waals surface area contributed by atoms with Crippen LogP contribution in [0.25, 0.3) is 11.1 Å². The molecule has 2 aromatic carbocycles. The normalized spacial score (nSPS) is 14.4. The van der Waals surface area contributed by atoms with E-state index >= 15 is 0 Å². The van der Waals surface area contributed by atoms with Crippen molar-refractivity contribution in [3.63, 3.8) is 0 Å². The Balaban J connectivity index is 1.70. The Morgan fingerprint density at radius 3 is 2.45 bits per heavy atom. The number of benzene rings is 2. The molecule has 1 amide bonds. The average molecular weight is 428 g/mol. The number of carbonyl (C=O) groups is 1. The van der Waals surface area contributed by atoms with Crippen LogP contribution in [0.2, 0.25) is 0 Å². The fourth-order valence-corrected chi connectivity index (χ4v) is 3.28. The molecule has 0 atom stereocenters. The van der Waals surface area contributed by atoms with E-state index in [-0.39, 0.29) is 11.9 Å². The van der Waals surface area contributed by atoms with Crippen LogP contribution in [0.4, 0.5) is 24.8 Å². The fourth-order valence-electron chi connectivity index (χ4n) is 3.28. The Bertz CT molecular complexity index is 1070. The molecule has 1 fully saturated rings. The smallest absolute Gasteiger partial charge is 0.378 e. The molecule has 1 aromatic heterocycles. The van der Waals surface area contributed by atoms with Gasteiger partial charge in [-0.25, -0.2) is 9.97 Å². The molecule has 0 aliphatic carbocycles. The van der Waals surface area contributed by atoms with Crippen LogP contribution in [-0.2, 0) is 10.9 Å². The quantitative estimate of drug-likeness (QED) is 0.668. The fraction of sp³-hybridized carbons (Fsp3) is 0.227. The third-order valence-electron chi connectivity index (χ3n) is 4.79. The van der Waals surface area contributed by atoms with Crippen LogP contribution in [0, 0.1) is 0 Å². The number of alkyl halides is 3. The van der Waals surface area contributed by atoms with E-state index in [2.05, 4.69) is 15.3 Å². The van der Waals surface area contributed by atoms with Gasteiger partial charge in [0.2, 0.25) is 5.95 Å². The summed E-state index contributed by atoms with van der Waals surface area (Å²) in [5.41, 5.74) is 1.39. The Labute approximate surface area is 176 Å². The van der Waals surface area contributed by atoms with Gasteiger partial charge in [0, 0.05) is 30.5 Å². The largest absolute Gasteiger partial charge is 0.433 e. The molecule has 0 saturated carbocycles. The number of carbonyl (C=O) groups excluding carboxylic acids is 1. The molecule has 0 unspecified atom stereocenters. The summed E-state index contributed by atoms with van der Waals surface area (Å²) in [6.07, 6.45) is -3.54. The summed E-state index contributed by atoms with van der Waals surface area (Å²) in [5.74, 6) is -0.376. The zero-order valence-corrected chi connectivity index (χ0v) is 16.4. The van der Waals surface area contributed by atoms with E-state index in [1.807, 2.05) is 30.3 Å². The van der Waals surface area contributed by atoms with Crippen molar-refractivity contribution in [3.05, 3.63) is 72.1 Å². The molecule has 0 spiro atoms. The Hall–Kier alpha value is -3.46. The lowest BCUT2D eigenvalue weighted by Crippen LogP contribution is -2.40. The zero-order chi connectivity index (χ0) is 21.8. The van der Waals surface area contributed by atoms with Crippen LogP contribution in [0.1, 0.15) is 16.1 Å². The minimum absolute atomic E-state index is 0.172. The zero-order valence-electron chi connectivity index (χ0n) is 16.4. The van der Waals surface area contributed by atoms with Gasteiger partial charge in [0.05, 0.1) is 13.2 Å². The molecule has 6 nitrogen and oxygen atoms in total. The maximum absolute atomic E-state index is 13.0. The monoisotopic (exact) mass is 428 g/mol. The first-order chi connectivity index (χ1) is 14.9. The van der Waals surface area contributed by atoms with E-state index in [9.17, 15) is 18.0 Å². The predicted octanol–water partition coefficient (Wildman–Crippen LogP) is 4.38. The van der Waals surface area contributed by atoms with Crippen LogP contribution >= 0.6 is 0 Å². The molecule has 0 bridgehead atoms. The van der Waals surface area contributed by atoms with Gasteiger partial charge in [0.1, 0.15) is 5.69 Å². The Kier molecular flexibility index (Phi) is 5.85. The molecular weight excluding hydrogens is 409 g/mol. The van der Waals surface area contributed by atoms with Crippen LogP contribution in [0.5, 0.6) is 0 Å². The van der Waals surface area contributed by atoms with Crippen molar-refractivity contribution >= 4 is 17.5 Å². The molecule has 1 aliphatic heterocycles. The van der Waals surface area contributed by atoms with Crippen LogP contribution in [-0.4, -0.2) is 47.1 Å². The number of hydrogen-bond acceptors (Lipinski definition) is 5. The van der Waals surface area contributed by atoms with Crippen molar-refractivity contribution in [1.29, 1.82) is 0 Å². The lowest BCUT2D eigenvalue weighted by Gasteiger charge is -2.27. The summed E-state index contributed by atoms with van der Waals surface area (Å²) in [6, 6.07) is 15.3. The highest BCUT2D eigenvalue weighted by Gasteiger charge is 2.32. The third kappa shape index (κ3) is 5.00. The highest BCUT2D eigenvalue weighted by Crippen LogP contribution is 2.30. The molecule has 4 rings (SSSR count). The van der Waals surface area contributed by atoms with Gasteiger partial charge >= 0.3 is 6.18 Å². The highest BCUT2D eigenvalue weighted by molar-refractivity contribution is 5.97. The third-order valence-corrected chi connectivity index (χ3v) is 4.79. The van der Waals surface area contributed by atoms with E-state index in [1.54, 1.807) is 23.1 Å². The first kappa shape index (κ1) is 20.8. The van der Waals surface area contributed by atoms with Gasteiger partial charge in [-0.15, -0.1) is 0 Å². The second-order valence-corrected chi connectivity index (χ2v) is 6.96. The first-order valence-electron chi connectivity index (χ1n) is 9.65. The molecule has 9 heteroatoms. The summed E-state index contributed by atoms with van der Waals surface area (Å²) >= 11 is 0. The summed E-state index contributed by atoms with van der Waals surface area (Å²) in [7, 11) is 0. The second-order valence-electron chi connectivity index (χ2n) is 6.96. The molecule has 31 heavy (non-hydrogen) atoms. The molecule has 0 radical (unpaired) electrons. The van der Waals surface area contributed by atoms with Gasteiger partial charge in [-0.1, -0.05) is 30.3 Å². The number of amides is 1. The van der Waals surface area contributed by atoms with Gasteiger partial charge in [0.25, 0.3) is 5.91 Å². The van der Waals surface area contributed by atoms with Crippen molar-refractivity contribution < 1.29 is 22.7 Å². The van der Waals surface area contributed by atoms with Gasteiger partial charge in [-0.2, -0.15) is 13.2 Å². The van der Waals surface area contributed by atoms with E-state index in [0.29, 0.717) is 37.6 Å². The van der Waals surface area contributed by atoms with Gasteiger partial charge < -0.3 is 15.0 Å². The number of nitrogens with one attached hydrogen (secondary N) is 1. The topological polar surface area (TPSA) is 67.4 Å². The predicted molar refractivity (Wildman–Crippen MR) is 109 cm³/mol. The number of nitrogens with zero attached hydrogens (tertiary/aromatic N) is 3. The number of rotatable bonds is 4. The Morgan fingerprint density at radius 2 is 1.74 bits per heavy atom. The van der Waals surface area contributed by atoms with Crippen LogP contribution in [0.15, 0.2) is 60.8 Å². The summed E-state index contributed by atoms with van der Waals surface area (Å²) in [6.45, 7) is 1.89. The number of ether oxygens (including phenoxy) is 1. The van der Waals surface area contributed by atoms with E-state index in [1.165, 1.54) is 0 Å². The Morgan fingerprint density at radius 1 is 1.00 bits per heavy atom. The van der Waals surface area contributed by atoms with E-state index in [0.717, 1.165) is 23.4 Å². The number of morpholine rings is 1. The SMILES string of the molecule is O=C(c1cc(Nc2nccc(C(F)(F)F)n2)cc(-c2ccccc2)c1)N1CCOCC1. The van der Waals surface area contributed by atoms with Crippen molar-refractivity contribution in [2.45, 2.75) is 6.18 Å². The minimum Gasteiger partial charge on any atom is -0.378 e. The number of aromatic nitrogens is 2. The van der Waals surface area contributed by atoms with E-state index in [4.69, 9.17) is 4.74 Å². The molecular formula is C22H19F3N4O2. The summed E-state index contributed by atoms with van der Waals surface area (Å²) in [4.78, 5) is 22.2. The maximum atomic E-state index is 13.0. The molecule has 1 aliphatic rings. The summed E-state index contributed by atoms with van der Waals surface area (Å²) in [5, 5.41) is 2.81. The molecule has 1 N–H and O–H groups in total. The van der Waals surface area contributed by atoms with Crippen molar-refractivity contribution in [2.75, 3.05) is 31.6 Å². The molecule has 3 aromatic rings. The molecule has 1 saturated heterocycles. The van der Waals surface area contributed by atoms with Gasteiger partial charge in [0.15, 0.2) is 0 Å². The van der Waals surface area contributed by atoms with Crippen molar-refractivity contribution in [1.82, 2.24) is 14.9 Å². The molecule has 160 valence electrons. The minimum atomic E-state index is -4.58. The van der Waals surface area contributed by atoms with Crippen molar-refractivity contribution in [2.24, 2.45) is 0 Å². The van der Waals surface area contributed by atoms with Gasteiger partial charge in [-0.3, -0.25) is 4.79 Å². The number of anilines is 2. The standard InChI is InChI=1S/C22H19F3N4O2/c23-22(24,25)19-6-7-26-21(28-19)27-18-13-16(15-4-2-1-3-5-15)12-17(14-18)20(30)29-8-10-31-11-9-29/h1-7,12-14H,8-11H2,(H,26,27,28). The van der Waals surface area contributed by atoms with E-state index < -0.39 is 11.9 Å². The second kappa shape index (κ2) is 8.73. The van der Waals surface area contributed by atoms with Crippen LogP contribution < -0.4 is 5.32 Å². The van der Waals surface area contributed by atoms with Crippen molar-refractivity contribution in [3.8, 4) is 11.1 Å². The summed E-state index contributed by atoms with van der Waals surface area (Å²) < 4.78 is 44.3. The van der Waals surface area contributed by atoms with Crippen LogP contribution in [0.3, 0.4) is 0 Å². The average Bonchev–Trinajstić information content (AvgIpc) is 2.79. The lowest BCUT2D eigenvalue weighted by atomic mass is 10.0. The number of hydrogen-bond donors (Lipinski definition) is 1.